The van der Waals surface area contributed by atoms with E-state index in [1.165, 1.54) is 12.1 Å². The van der Waals surface area contributed by atoms with Gasteiger partial charge in [0, 0.05) is 34.4 Å². The molecule has 2 N–H and O–H groups in total. The van der Waals surface area contributed by atoms with Crippen molar-refractivity contribution >= 4 is 34.1 Å². The number of aromatic nitrogens is 3. The topological polar surface area (TPSA) is 71.8 Å². The van der Waals surface area contributed by atoms with E-state index in [1.807, 2.05) is 4.68 Å². The lowest BCUT2D eigenvalue weighted by Crippen LogP contribution is -2.42. The Morgan fingerprint density at radius 1 is 1.03 bits per heavy atom. The third-order valence-electron chi connectivity index (χ3n) is 7.00. The van der Waals surface area contributed by atoms with Crippen LogP contribution in [0.1, 0.15) is 73.6 Å². The van der Waals surface area contributed by atoms with Crippen molar-refractivity contribution < 1.29 is 18.0 Å². The van der Waals surface area contributed by atoms with Crippen molar-refractivity contribution in [2.45, 2.75) is 75.7 Å². The Balaban J connectivity index is 1.32. The van der Waals surface area contributed by atoms with Gasteiger partial charge < -0.3 is 10.6 Å². The number of hydrogen-bond donors (Lipinski definition) is 2. The maximum Gasteiger partial charge on any atom is 0.433 e. The summed E-state index contributed by atoms with van der Waals surface area (Å²) < 4.78 is 42.2. The molecule has 6 nitrogen and oxygen atoms in total. The first kappa shape index (κ1) is 23.9. The minimum Gasteiger partial charge on any atom is -0.382 e. The average Bonchev–Trinajstić information content (AvgIpc) is 3.51. The van der Waals surface area contributed by atoms with Gasteiger partial charge in [0.2, 0.25) is 0 Å². The molecular weight excluding hydrogens is 479 g/mol. The third kappa shape index (κ3) is 5.24. The van der Waals surface area contributed by atoms with Gasteiger partial charge in [-0.3, -0.25) is 9.48 Å². The molecule has 0 aliphatic heterocycles. The molecule has 10 heteroatoms. The molecule has 0 spiro atoms. The van der Waals surface area contributed by atoms with Crippen LogP contribution in [0.5, 0.6) is 0 Å². The van der Waals surface area contributed by atoms with Gasteiger partial charge in [0.05, 0.1) is 11.6 Å². The summed E-state index contributed by atoms with van der Waals surface area (Å²) >= 11 is 6.12. The number of nitrogens with one attached hydrogen (secondary N) is 2. The zero-order valence-electron chi connectivity index (χ0n) is 19.1. The fraction of sp³-hybridized carbons (Fsp3) is 0.480. The number of rotatable bonds is 5. The molecule has 2 saturated carbocycles. The highest BCUT2D eigenvalue weighted by molar-refractivity contribution is 6.31. The summed E-state index contributed by atoms with van der Waals surface area (Å²) in [5.74, 6) is -0.152. The van der Waals surface area contributed by atoms with E-state index in [0.717, 1.165) is 51.0 Å². The Kier molecular flexibility index (Phi) is 6.61. The number of carbonyl (C=O) groups is 1. The monoisotopic (exact) mass is 505 g/mol. The molecule has 2 aromatic heterocycles. The standard InChI is InChI=1S/C25H27ClF3N5O/c26-15-8-9-20-19(12-15)21(14-23(33-20)25(27,28)29)31-16-4-3-5-17(13-16)32-24(35)22-10-11-30-34(22)18-6-1-2-7-18/h8-12,14,16-18H,1-7,13H2,(H,31,33)(H,32,35)/t16-,17+/m0/s1. The van der Waals surface area contributed by atoms with Gasteiger partial charge in [-0.1, -0.05) is 24.4 Å². The number of amides is 1. The molecule has 0 bridgehead atoms. The molecule has 2 aliphatic carbocycles. The average molecular weight is 506 g/mol. The van der Waals surface area contributed by atoms with Gasteiger partial charge >= 0.3 is 6.18 Å². The lowest BCUT2D eigenvalue weighted by molar-refractivity contribution is -0.140. The van der Waals surface area contributed by atoms with Gasteiger partial charge in [-0.25, -0.2) is 4.98 Å². The second-order valence-corrected chi connectivity index (χ2v) is 9.93. The van der Waals surface area contributed by atoms with Crippen LogP contribution in [0.3, 0.4) is 0 Å². The van der Waals surface area contributed by atoms with Crippen LogP contribution in [0, 0.1) is 0 Å². The molecule has 0 unspecified atom stereocenters. The molecule has 2 heterocycles. The van der Waals surface area contributed by atoms with E-state index >= 15 is 0 Å². The maximum absolute atomic E-state index is 13.5. The van der Waals surface area contributed by atoms with Gasteiger partial charge in [0.1, 0.15) is 11.4 Å². The quantitative estimate of drug-likeness (QED) is 0.422. The fourth-order valence-electron chi connectivity index (χ4n) is 5.33. The van der Waals surface area contributed by atoms with Crippen LogP contribution in [0.25, 0.3) is 10.9 Å². The molecule has 3 aromatic rings. The van der Waals surface area contributed by atoms with Crippen LogP contribution in [0.2, 0.25) is 5.02 Å². The number of pyridine rings is 1. The van der Waals surface area contributed by atoms with Gasteiger partial charge in [0.25, 0.3) is 5.91 Å². The summed E-state index contributed by atoms with van der Waals surface area (Å²) in [6.45, 7) is 0. The number of hydrogen-bond acceptors (Lipinski definition) is 4. The molecular formula is C25H27ClF3N5O. The number of halogens is 4. The van der Waals surface area contributed by atoms with Crippen LogP contribution < -0.4 is 10.6 Å². The van der Waals surface area contributed by atoms with Crippen molar-refractivity contribution in [1.82, 2.24) is 20.1 Å². The second kappa shape index (κ2) is 9.68. The number of benzene rings is 1. The van der Waals surface area contributed by atoms with E-state index in [9.17, 15) is 18.0 Å². The molecule has 1 aromatic carbocycles. The molecule has 2 fully saturated rings. The molecule has 0 radical (unpaired) electrons. The van der Waals surface area contributed by atoms with E-state index in [-0.39, 0.29) is 29.5 Å². The van der Waals surface area contributed by atoms with E-state index in [1.54, 1.807) is 18.3 Å². The number of alkyl halides is 3. The van der Waals surface area contributed by atoms with E-state index < -0.39 is 11.9 Å². The van der Waals surface area contributed by atoms with Crippen molar-refractivity contribution in [1.29, 1.82) is 0 Å². The van der Waals surface area contributed by atoms with Gasteiger partial charge in [-0.2, -0.15) is 18.3 Å². The minimum absolute atomic E-state index is 0.0838. The molecule has 2 atom stereocenters. The van der Waals surface area contributed by atoms with Crippen molar-refractivity contribution in [3.8, 4) is 0 Å². The molecule has 35 heavy (non-hydrogen) atoms. The summed E-state index contributed by atoms with van der Waals surface area (Å²) in [6.07, 6.45) is 4.51. The normalized spacial score (nSPS) is 21.4. The number of nitrogens with zero attached hydrogens (tertiary/aromatic N) is 3. The van der Waals surface area contributed by atoms with Gasteiger partial charge in [0.15, 0.2) is 0 Å². The first-order valence-electron chi connectivity index (χ1n) is 12.1. The highest BCUT2D eigenvalue weighted by Crippen LogP contribution is 2.35. The van der Waals surface area contributed by atoms with Gasteiger partial charge in [-0.05, 0) is 68.9 Å². The second-order valence-electron chi connectivity index (χ2n) is 9.49. The van der Waals surface area contributed by atoms with Crippen molar-refractivity contribution in [3.05, 3.63) is 52.9 Å². The first-order valence-corrected chi connectivity index (χ1v) is 12.4. The molecule has 2 aliphatic rings. The zero-order chi connectivity index (χ0) is 24.6. The summed E-state index contributed by atoms with van der Waals surface area (Å²) in [7, 11) is 0. The number of fused-ring (bicyclic) bond motifs is 1. The summed E-state index contributed by atoms with van der Waals surface area (Å²) in [4.78, 5) is 16.8. The molecule has 1 amide bonds. The van der Waals surface area contributed by atoms with Crippen molar-refractivity contribution in [2.24, 2.45) is 0 Å². The predicted octanol–water partition coefficient (Wildman–Crippen LogP) is 6.37. The fourth-order valence-corrected chi connectivity index (χ4v) is 5.50. The van der Waals surface area contributed by atoms with Crippen LogP contribution in [-0.4, -0.2) is 32.8 Å². The van der Waals surface area contributed by atoms with E-state index in [4.69, 9.17) is 11.6 Å². The molecule has 5 rings (SSSR count). The first-order chi connectivity index (χ1) is 16.8. The maximum atomic E-state index is 13.5. The summed E-state index contributed by atoms with van der Waals surface area (Å²) in [5.41, 5.74) is 0.195. The Bertz CT molecular complexity index is 1220. The Hall–Kier alpha value is -2.81. The Morgan fingerprint density at radius 3 is 2.57 bits per heavy atom. The Labute approximate surface area is 206 Å². The van der Waals surface area contributed by atoms with Gasteiger partial charge in [-0.15, -0.1) is 0 Å². The summed E-state index contributed by atoms with van der Waals surface area (Å²) in [6, 6.07) is 7.52. The van der Waals surface area contributed by atoms with Crippen LogP contribution in [0.4, 0.5) is 18.9 Å². The highest BCUT2D eigenvalue weighted by atomic mass is 35.5. The number of anilines is 1. The molecule has 0 saturated heterocycles. The Morgan fingerprint density at radius 2 is 1.80 bits per heavy atom. The zero-order valence-corrected chi connectivity index (χ0v) is 19.9. The van der Waals surface area contributed by atoms with E-state index in [2.05, 4.69) is 20.7 Å². The largest absolute Gasteiger partial charge is 0.433 e. The lowest BCUT2D eigenvalue weighted by Gasteiger charge is -2.31. The van der Waals surface area contributed by atoms with E-state index in [0.29, 0.717) is 28.2 Å². The predicted molar refractivity (Wildman–Crippen MR) is 129 cm³/mol. The number of carbonyl (C=O) groups excluding carboxylic acids is 1. The highest BCUT2D eigenvalue weighted by Gasteiger charge is 2.34. The van der Waals surface area contributed by atoms with Crippen LogP contribution in [0.15, 0.2) is 36.5 Å². The van der Waals surface area contributed by atoms with Crippen molar-refractivity contribution in [3.63, 3.8) is 0 Å². The van der Waals surface area contributed by atoms with Crippen LogP contribution in [-0.2, 0) is 6.18 Å². The smallest absolute Gasteiger partial charge is 0.382 e. The third-order valence-corrected chi connectivity index (χ3v) is 7.24. The van der Waals surface area contributed by atoms with Crippen molar-refractivity contribution in [2.75, 3.05) is 5.32 Å². The van der Waals surface area contributed by atoms with Crippen LogP contribution >= 0.6 is 11.6 Å². The lowest BCUT2D eigenvalue weighted by atomic mass is 9.90. The minimum atomic E-state index is -4.56. The SMILES string of the molecule is O=C(N[C@@H]1CCC[C@H](Nc2cc(C(F)(F)F)nc3ccc(Cl)cc23)C1)c1ccnn1C1CCCC1. The molecule has 186 valence electrons. The summed E-state index contributed by atoms with van der Waals surface area (Å²) in [5, 5.41) is 11.8.